The van der Waals surface area contributed by atoms with Crippen molar-refractivity contribution >= 4 is 0 Å². The zero-order chi connectivity index (χ0) is 13.2. The normalized spacial score (nSPS) is 9.88. The molecule has 0 saturated carbocycles. The first kappa shape index (κ1) is 19.3. The molecular formula is C16H36O. The minimum atomic E-state index is 0.367. The molecule has 0 spiro atoms. The Balaban J connectivity index is 0. The summed E-state index contributed by atoms with van der Waals surface area (Å²) in [6.45, 7) is 7.09. The van der Waals surface area contributed by atoms with E-state index in [1.807, 2.05) is 0 Å². The summed E-state index contributed by atoms with van der Waals surface area (Å²) in [5.41, 5.74) is 0. The van der Waals surface area contributed by atoms with E-state index in [1.165, 1.54) is 70.6 Å². The van der Waals surface area contributed by atoms with Gasteiger partial charge in [0.2, 0.25) is 0 Å². The molecule has 0 rings (SSSR count). The minimum absolute atomic E-state index is 0.367. The minimum Gasteiger partial charge on any atom is -0.396 e. The second-order valence-electron chi connectivity index (χ2n) is 4.91. The number of aliphatic hydroxyl groups excluding tert-OH is 1. The Labute approximate surface area is 110 Å². The highest BCUT2D eigenvalue weighted by molar-refractivity contribution is 4.41. The molecule has 1 heteroatoms. The van der Waals surface area contributed by atoms with Crippen LogP contribution in [0.15, 0.2) is 0 Å². The second-order valence-corrected chi connectivity index (χ2v) is 4.91. The molecule has 0 radical (unpaired) electrons. The number of hydrogen-bond donors (Lipinski definition) is 1. The molecule has 0 amide bonds. The molecule has 0 aliphatic heterocycles. The van der Waals surface area contributed by atoms with Crippen molar-refractivity contribution in [3.05, 3.63) is 0 Å². The van der Waals surface area contributed by atoms with E-state index in [0.29, 0.717) is 6.61 Å². The van der Waals surface area contributed by atoms with E-state index in [1.54, 1.807) is 0 Å². The Morgan fingerprint density at radius 1 is 0.471 bits per heavy atom. The third-order valence-corrected chi connectivity index (χ3v) is 2.97. The van der Waals surface area contributed by atoms with Crippen molar-refractivity contribution in [2.24, 2.45) is 0 Å². The van der Waals surface area contributed by atoms with E-state index in [0.717, 1.165) is 6.42 Å². The van der Waals surface area contributed by atoms with Crippen molar-refractivity contribution in [2.45, 2.75) is 97.8 Å². The van der Waals surface area contributed by atoms with Gasteiger partial charge in [-0.2, -0.15) is 0 Å². The molecule has 17 heavy (non-hydrogen) atoms. The van der Waals surface area contributed by atoms with Crippen LogP contribution in [0.25, 0.3) is 0 Å². The molecule has 0 aromatic heterocycles. The molecule has 0 saturated heterocycles. The lowest BCUT2D eigenvalue weighted by atomic mass is 10.1. The van der Waals surface area contributed by atoms with Crippen LogP contribution in [-0.4, -0.2) is 11.7 Å². The molecule has 0 unspecified atom stereocenters. The summed E-state index contributed by atoms with van der Waals surface area (Å²) in [6.07, 6.45) is 16.0. The van der Waals surface area contributed by atoms with E-state index in [-0.39, 0.29) is 0 Å². The molecule has 0 aromatic rings. The van der Waals surface area contributed by atoms with Crippen LogP contribution in [0.3, 0.4) is 0 Å². The van der Waals surface area contributed by atoms with E-state index in [2.05, 4.69) is 20.8 Å². The quantitative estimate of drug-likeness (QED) is 0.462. The van der Waals surface area contributed by atoms with Gasteiger partial charge in [-0.15, -0.1) is 0 Å². The van der Waals surface area contributed by atoms with Crippen molar-refractivity contribution in [3.63, 3.8) is 0 Å². The Kier molecular flexibility index (Phi) is 24.1. The molecule has 0 atom stereocenters. The largest absolute Gasteiger partial charge is 0.396 e. The van der Waals surface area contributed by atoms with E-state index >= 15 is 0 Å². The standard InChI is InChI=1S/C8H18O.C8H18/c1-2-3-4-5-6-7-8-9;1-3-5-7-8-6-4-2/h9H,2-8H2,1H3;3-8H2,1-2H3. The summed E-state index contributed by atoms with van der Waals surface area (Å²) in [7, 11) is 0. The van der Waals surface area contributed by atoms with Crippen LogP contribution in [-0.2, 0) is 0 Å². The Hall–Kier alpha value is -0.0400. The maximum absolute atomic E-state index is 8.42. The summed E-state index contributed by atoms with van der Waals surface area (Å²) < 4.78 is 0. The lowest BCUT2D eigenvalue weighted by molar-refractivity contribution is 0.282. The van der Waals surface area contributed by atoms with E-state index in [9.17, 15) is 0 Å². The van der Waals surface area contributed by atoms with Crippen molar-refractivity contribution in [1.29, 1.82) is 0 Å². The zero-order valence-electron chi connectivity index (χ0n) is 12.6. The maximum atomic E-state index is 8.42. The lowest BCUT2D eigenvalue weighted by Crippen LogP contribution is -1.82. The smallest absolute Gasteiger partial charge is 0.0431 e. The fourth-order valence-electron chi connectivity index (χ4n) is 1.75. The lowest BCUT2D eigenvalue weighted by Gasteiger charge is -1.95. The predicted molar refractivity (Wildman–Crippen MR) is 79.5 cm³/mol. The van der Waals surface area contributed by atoms with Gasteiger partial charge in [0.05, 0.1) is 0 Å². The summed E-state index contributed by atoms with van der Waals surface area (Å²) in [4.78, 5) is 0. The number of aliphatic hydroxyl groups is 1. The molecule has 0 bridgehead atoms. The first-order chi connectivity index (χ1) is 8.33. The number of unbranched alkanes of at least 4 members (excludes halogenated alkanes) is 10. The van der Waals surface area contributed by atoms with Gasteiger partial charge in [-0.25, -0.2) is 0 Å². The van der Waals surface area contributed by atoms with Gasteiger partial charge >= 0.3 is 0 Å². The predicted octanol–water partition coefficient (Wildman–Crippen LogP) is 5.71. The Bertz CT molecular complexity index is 89.7. The molecule has 1 nitrogen and oxygen atoms in total. The molecular weight excluding hydrogens is 208 g/mol. The summed E-state index contributed by atoms with van der Waals surface area (Å²) >= 11 is 0. The average molecular weight is 244 g/mol. The molecule has 1 N–H and O–H groups in total. The van der Waals surface area contributed by atoms with E-state index in [4.69, 9.17) is 5.11 Å². The summed E-state index contributed by atoms with van der Waals surface area (Å²) in [5.74, 6) is 0. The summed E-state index contributed by atoms with van der Waals surface area (Å²) in [6, 6.07) is 0. The highest BCUT2D eigenvalue weighted by Crippen LogP contribution is 2.04. The SMILES string of the molecule is CCCCCCCC.CCCCCCCCO. The summed E-state index contributed by atoms with van der Waals surface area (Å²) in [5, 5.41) is 8.42. The Morgan fingerprint density at radius 2 is 0.765 bits per heavy atom. The molecule has 0 fully saturated rings. The third-order valence-electron chi connectivity index (χ3n) is 2.97. The second kappa shape index (κ2) is 21.3. The van der Waals surface area contributed by atoms with Gasteiger partial charge in [-0.05, 0) is 6.42 Å². The van der Waals surface area contributed by atoms with Crippen LogP contribution in [0.2, 0.25) is 0 Å². The number of hydrogen-bond acceptors (Lipinski definition) is 1. The monoisotopic (exact) mass is 244 g/mol. The van der Waals surface area contributed by atoms with Crippen molar-refractivity contribution in [3.8, 4) is 0 Å². The first-order valence-electron chi connectivity index (χ1n) is 7.94. The van der Waals surface area contributed by atoms with Crippen LogP contribution in [0.1, 0.15) is 97.8 Å². The van der Waals surface area contributed by atoms with E-state index < -0.39 is 0 Å². The van der Waals surface area contributed by atoms with Crippen LogP contribution in [0, 0.1) is 0 Å². The maximum Gasteiger partial charge on any atom is 0.0431 e. The van der Waals surface area contributed by atoms with Crippen LogP contribution in [0.4, 0.5) is 0 Å². The molecule has 0 aliphatic carbocycles. The highest BCUT2D eigenvalue weighted by atomic mass is 16.2. The van der Waals surface area contributed by atoms with Gasteiger partial charge < -0.3 is 5.11 Å². The van der Waals surface area contributed by atoms with Gasteiger partial charge in [0.1, 0.15) is 0 Å². The topological polar surface area (TPSA) is 20.2 Å². The van der Waals surface area contributed by atoms with Gasteiger partial charge in [-0.3, -0.25) is 0 Å². The third kappa shape index (κ3) is 25.9. The molecule has 0 heterocycles. The molecule has 0 aromatic carbocycles. The fourth-order valence-corrected chi connectivity index (χ4v) is 1.75. The van der Waals surface area contributed by atoms with Crippen LogP contribution >= 0.6 is 0 Å². The van der Waals surface area contributed by atoms with Crippen molar-refractivity contribution in [2.75, 3.05) is 6.61 Å². The van der Waals surface area contributed by atoms with Crippen molar-refractivity contribution < 1.29 is 5.11 Å². The highest BCUT2D eigenvalue weighted by Gasteiger charge is 1.86. The van der Waals surface area contributed by atoms with Crippen LogP contribution < -0.4 is 0 Å². The van der Waals surface area contributed by atoms with Crippen LogP contribution in [0.5, 0.6) is 0 Å². The fraction of sp³-hybridized carbons (Fsp3) is 1.00. The van der Waals surface area contributed by atoms with Gasteiger partial charge in [0.25, 0.3) is 0 Å². The first-order valence-corrected chi connectivity index (χ1v) is 7.94. The molecule has 0 aliphatic rings. The molecule has 106 valence electrons. The Morgan fingerprint density at radius 3 is 1.06 bits per heavy atom. The average Bonchev–Trinajstić information content (AvgIpc) is 2.36. The van der Waals surface area contributed by atoms with Gasteiger partial charge in [0, 0.05) is 6.61 Å². The zero-order valence-corrected chi connectivity index (χ0v) is 12.6. The van der Waals surface area contributed by atoms with Crippen molar-refractivity contribution in [1.82, 2.24) is 0 Å². The van der Waals surface area contributed by atoms with Gasteiger partial charge in [0.15, 0.2) is 0 Å². The van der Waals surface area contributed by atoms with Gasteiger partial charge in [-0.1, -0.05) is 91.4 Å². The number of rotatable bonds is 11.